The molecular weight excluding hydrogens is 295 g/mol. The van der Waals surface area contributed by atoms with Gasteiger partial charge in [-0.2, -0.15) is 0 Å². The predicted octanol–water partition coefficient (Wildman–Crippen LogP) is 4.59. The van der Waals surface area contributed by atoms with E-state index in [-0.39, 0.29) is 0 Å². The molecule has 2 rings (SSSR count). The molecule has 1 N–H and O–H groups in total. The van der Waals surface area contributed by atoms with E-state index in [9.17, 15) is 5.11 Å². The lowest BCUT2D eigenvalue weighted by atomic mass is 9.97. The molecule has 1 unspecified atom stereocenters. The number of benzene rings is 2. The third-order valence-corrected chi connectivity index (χ3v) is 4.00. The molecule has 2 aromatic carbocycles. The molecule has 0 fully saturated rings. The monoisotopic (exact) mass is 310 g/mol. The Morgan fingerprint density at radius 2 is 1.80 bits per heavy atom. The van der Waals surface area contributed by atoms with Crippen LogP contribution in [0.4, 0.5) is 0 Å². The molecule has 0 radical (unpaired) electrons. The van der Waals surface area contributed by atoms with E-state index in [1.54, 1.807) is 25.3 Å². The third-order valence-electron chi connectivity index (χ3n) is 3.30. The Balaban J connectivity index is 2.26. The zero-order valence-electron chi connectivity index (χ0n) is 11.4. The number of hydrogen-bond donors (Lipinski definition) is 1. The van der Waals surface area contributed by atoms with E-state index in [0.29, 0.717) is 16.5 Å². The topological polar surface area (TPSA) is 29.5 Å². The predicted molar refractivity (Wildman–Crippen MR) is 82.9 cm³/mol. The first-order valence-electron chi connectivity index (χ1n) is 6.28. The summed E-state index contributed by atoms with van der Waals surface area (Å²) in [6.07, 6.45) is -0.274. The van der Waals surface area contributed by atoms with E-state index >= 15 is 0 Å². The van der Waals surface area contributed by atoms with E-state index in [2.05, 4.69) is 0 Å². The molecule has 0 spiro atoms. The first-order valence-corrected chi connectivity index (χ1v) is 7.04. The van der Waals surface area contributed by atoms with Crippen molar-refractivity contribution >= 4 is 23.2 Å². The highest BCUT2D eigenvalue weighted by Gasteiger charge is 2.15. The van der Waals surface area contributed by atoms with Crippen molar-refractivity contribution in [2.45, 2.75) is 19.4 Å². The maximum atomic E-state index is 10.4. The lowest BCUT2D eigenvalue weighted by Crippen LogP contribution is -2.05. The van der Waals surface area contributed by atoms with Gasteiger partial charge in [-0.05, 0) is 47.9 Å². The van der Waals surface area contributed by atoms with Crippen molar-refractivity contribution in [1.29, 1.82) is 0 Å². The Kier molecular flexibility index (Phi) is 4.92. The minimum Gasteiger partial charge on any atom is -0.497 e. The molecule has 0 saturated carbocycles. The smallest absolute Gasteiger partial charge is 0.119 e. The fourth-order valence-electron chi connectivity index (χ4n) is 2.18. The van der Waals surface area contributed by atoms with Gasteiger partial charge in [0.2, 0.25) is 0 Å². The van der Waals surface area contributed by atoms with Gasteiger partial charge in [0.15, 0.2) is 0 Å². The summed E-state index contributed by atoms with van der Waals surface area (Å²) in [5, 5.41) is 11.6. The summed E-state index contributed by atoms with van der Waals surface area (Å²) in [4.78, 5) is 0. The van der Waals surface area contributed by atoms with Crippen LogP contribution in [-0.4, -0.2) is 12.2 Å². The fraction of sp³-hybridized carbons (Fsp3) is 0.250. The summed E-state index contributed by atoms with van der Waals surface area (Å²) in [5.74, 6) is 0.772. The minimum absolute atomic E-state index is 0.381. The van der Waals surface area contributed by atoms with Gasteiger partial charge in [-0.3, -0.25) is 0 Å². The molecule has 2 nitrogen and oxygen atoms in total. The van der Waals surface area contributed by atoms with Crippen molar-refractivity contribution in [3.63, 3.8) is 0 Å². The highest BCUT2D eigenvalue weighted by atomic mass is 35.5. The molecule has 0 aliphatic heterocycles. The lowest BCUT2D eigenvalue weighted by Gasteiger charge is -2.16. The summed E-state index contributed by atoms with van der Waals surface area (Å²) >= 11 is 12.3. The number of aliphatic hydroxyl groups is 1. The number of halogens is 2. The van der Waals surface area contributed by atoms with Gasteiger partial charge in [0.25, 0.3) is 0 Å². The zero-order chi connectivity index (χ0) is 14.7. The molecule has 0 bridgehead atoms. The number of aliphatic hydroxyl groups excluding tert-OH is 1. The molecule has 0 aliphatic rings. The van der Waals surface area contributed by atoms with Crippen LogP contribution in [0.3, 0.4) is 0 Å². The molecule has 4 heteroatoms. The Labute approximate surface area is 128 Å². The normalized spacial score (nSPS) is 12.2. The Morgan fingerprint density at radius 1 is 1.15 bits per heavy atom. The average molecular weight is 311 g/mol. The maximum Gasteiger partial charge on any atom is 0.119 e. The molecule has 0 heterocycles. The summed E-state index contributed by atoms with van der Waals surface area (Å²) in [6.45, 7) is 1.94. The van der Waals surface area contributed by atoms with Crippen LogP contribution in [0.1, 0.15) is 22.8 Å². The van der Waals surface area contributed by atoms with Crippen molar-refractivity contribution in [3.05, 3.63) is 63.1 Å². The van der Waals surface area contributed by atoms with Crippen LogP contribution in [0.2, 0.25) is 10.0 Å². The highest BCUT2D eigenvalue weighted by Crippen LogP contribution is 2.31. The largest absolute Gasteiger partial charge is 0.497 e. The molecule has 0 saturated heterocycles. The van der Waals surface area contributed by atoms with E-state index in [1.807, 2.05) is 25.1 Å². The van der Waals surface area contributed by atoms with Crippen LogP contribution >= 0.6 is 23.2 Å². The summed E-state index contributed by atoms with van der Waals surface area (Å²) < 4.78 is 5.16. The van der Waals surface area contributed by atoms with Crippen LogP contribution in [-0.2, 0) is 6.42 Å². The van der Waals surface area contributed by atoms with Crippen molar-refractivity contribution in [2.75, 3.05) is 7.11 Å². The summed E-state index contributed by atoms with van der Waals surface area (Å²) in [7, 11) is 1.62. The Morgan fingerprint density at radius 3 is 2.35 bits per heavy atom. The second kappa shape index (κ2) is 6.49. The van der Waals surface area contributed by atoms with Crippen LogP contribution in [0, 0.1) is 6.92 Å². The van der Waals surface area contributed by atoms with E-state index in [0.717, 1.165) is 22.4 Å². The van der Waals surface area contributed by atoms with E-state index < -0.39 is 6.10 Å². The molecule has 0 aromatic heterocycles. The van der Waals surface area contributed by atoms with Crippen LogP contribution in [0.5, 0.6) is 5.75 Å². The lowest BCUT2D eigenvalue weighted by molar-refractivity contribution is 0.177. The molecule has 1 atom stereocenters. The van der Waals surface area contributed by atoms with Crippen LogP contribution in [0.15, 0.2) is 36.4 Å². The average Bonchev–Trinajstić information content (AvgIpc) is 2.42. The second-order valence-corrected chi connectivity index (χ2v) is 5.46. The number of methoxy groups -OCH3 is 1. The van der Waals surface area contributed by atoms with Crippen molar-refractivity contribution in [1.82, 2.24) is 0 Å². The molecule has 2 aromatic rings. The van der Waals surface area contributed by atoms with Gasteiger partial charge in [-0.25, -0.2) is 0 Å². The quantitative estimate of drug-likeness (QED) is 0.895. The first kappa shape index (κ1) is 15.2. The second-order valence-electron chi connectivity index (χ2n) is 4.64. The van der Waals surface area contributed by atoms with Crippen molar-refractivity contribution < 1.29 is 9.84 Å². The van der Waals surface area contributed by atoms with Gasteiger partial charge in [0.05, 0.1) is 13.2 Å². The van der Waals surface area contributed by atoms with Gasteiger partial charge in [0.1, 0.15) is 5.75 Å². The number of ether oxygens (including phenoxy) is 1. The molecule has 20 heavy (non-hydrogen) atoms. The van der Waals surface area contributed by atoms with Gasteiger partial charge in [-0.1, -0.05) is 35.3 Å². The zero-order valence-corrected chi connectivity index (χ0v) is 12.9. The molecule has 0 aliphatic carbocycles. The van der Waals surface area contributed by atoms with E-state index in [4.69, 9.17) is 27.9 Å². The standard InChI is InChI=1S/C16H16Cl2O2/c1-10-8-11(20-2)6-7-12(10)16(19)9-13-14(17)4-3-5-15(13)18/h3-8,16,19H,9H2,1-2H3. The van der Waals surface area contributed by atoms with Gasteiger partial charge >= 0.3 is 0 Å². The van der Waals surface area contributed by atoms with Gasteiger partial charge < -0.3 is 9.84 Å². The third kappa shape index (κ3) is 3.26. The van der Waals surface area contributed by atoms with Crippen molar-refractivity contribution in [2.24, 2.45) is 0 Å². The maximum absolute atomic E-state index is 10.4. The van der Waals surface area contributed by atoms with Gasteiger partial charge in [0, 0.05) is 16.5 Å². The summed E-state index contributed by atoms with van der Waals surface area (Å²) in [5.41, 5.74) is 2.58. The van der Waals surface area contributed by atoms with Crippen LogP contribution in [0.25, 0.3) is 0 Å². The highest BCUT2D eigenvalue weighted by molar-refractivity contribution is 6.36. The SMILES string of the molecule is COc1ccc(C(O)Cc2c(Cl)cccc2Cl)c(C)c1. The Hall–Kier alpha value is -1.22. The van der Waals surface area contributed by atoms with Gasteiger partial charge in [-0.15, -0.1) is 0 Å². The number of rotatable bonds is 4. The minimum atomic E-state index is -0.654. The van der Waals surface area contributed by atoms with Crippen molar-refractivity contribution in [3.8, 4) is 5.75 Å². The first-order chi connectivity index (χ1) is 9.52. The molecule has 106 valence electrons. The summed E-state index contributed by atoms with van der Waals surface area (Å²) in [6, 6.07) is 10.9. The number of hydrogen-bond acceptors (Lipinski definition) is 2. The van der Waals surface area contributed by atoms with Crippen LogP contribution < -0.4 is 4.74 Å². The van der Waals surface area contributed by atoms with E-state index in [1.165, 1.54) is 0 Å². The number of aryl methyl sites for hydroxylation is 1. The molecular formula is C16H16Cl2O2. The molecule has 0 amide bonds. The fourth-order valence-corrected chi connectivity index (χ4v) is 2.73. The Bertz CT molecular complexity index is 591.